The highest BCUT2D eigenvalue weighted by atomic mass is 14.0. The van der Waals surface area contributed by atoms with E-state index in [1.165, 1.54) is 6.42 Å². The largest absolute Gasteiger partial charge is 0.0882 e. The second-order valence-electron chi connectivity index (χ2n) is 2.55. The second-order valence-corrected chi connectivity index (χ2v) is 2.55. The number of allylic oxidation sites excluding steroid dienone is 6. The molecule has 0 saturated heterocycles. The smallest absolute Gasteiger partial charge is 0.00157 e. The normalized spacial score (nSPS) is 24.3. The van der Waals surface area contributed by atoms with E-state index in [9.17, 15) is 0 Å². The van der Waals surface area contributed by atoms with Gasteiger partial charge in [-0.2, -0.15) is 0 Å². The lowest BCUT2D eigenvalue weighted by Crippen LogP contribution is -1.91. The lowest BCUT2D eigenvalue weighted by atomic mass is 10.0. The Morgan fingerprint density at radius 1 is 1.50 bits per heavy atom. The predicted molar refractivity (Wildman–Crippen MR) is 45.8 cm³/mol. The Balaban J connectivity index is 2.36. The molecule has 1 aliphatic rings. The standard InChI is InChI=1S/C10H14/c1-2-3-7-10-8-5-4-6-9-10/h3-8,10H,2,9H2,1H3. The molecule has 0 aliphatic heterocycles. The minimum absolute atomic E-state index is 0.657. The topological polar surface area (TPSA) is 0 Å². The molecule has 1 unspecified atom stereocenters. The van der Waals surface area contributed by atoms with Crippen LogP contribution in [0.1, 0.15) is 19.8 Å². The summed E-state index contributed by atoms with van der Waals surface area (Å²) in [4.78, 5) is 0. The molecule has 1 atom stereocenters. The third kappa shape index (κ3) is 2.22. The van der Waals surface area contributed by atoms with E-state index in [2.05, 4.69) is 43.4 Å². The van der Waals surface area contributed by atoms with Gasteiger partial charge in [0.05, 0.1) is 0 Å². The number of rotatable bonds is 2. The van der Waals surface area contributed by atoms with Crippen molar-refractivity contribution in [2.45, 2.75) is 19.8 Å². The summed E-state index contributed by atoms with van der Waals surface area (Å²) < 4.78 is 0. The summed E-state index contributed by atoms with van der Waals surface area (Å²) in [6, 6.07) is 0. The molecule has 0 spiro atoms. The second kappa shape index (κ2) is 4.10. The Bertz CT molecular complexity index is 161. The zero-order valence-electron chi connectivity index (χ0n) is 6.46. The van der Waals surface area contributed by atoms with Gasteiger partial charge in [-0.1, -0.05) is 43.4 Å². The van der Waals surface area contributed by atoms with Crippen LogP contribution in [-0.4, -0.2) is 0 Å². The highest BCUT2D eigenvalue weighted by Gasteiger charge is 1.97. The summed E-state index contributed by atoms with van der Waals surface area (Å²) in [6.45, 7) is 2.17. The molecule has 1 rings (SSSR count). The average molecular weight is 134 g/mol. The predicted octanol–water partition coefficient (Wildman–Crippen LogP) is 3.08. The Morgan fingerprint density at radius 3 is 3.00 bits per heavy atom. The summed E-state index contributed by atoms with van der Waals surface area (Å²) in [5.41, 5.74) is 0. The van der Waals surface area contributed by atoms with Gasteiger partial charge in [0, 0.05) is 0 Å². The van der Waals surface area contributed by atoms with Crippen LogP contribution in [0.4, 0.5) is 0 Å². The van der Waals surface area contributed by atoms with Crippen molar-refractivity contribution in [1.82, 2.24) is 0 Å². The van der Waals surface area contributed by atoms with Crippen molar-refractivity contribution in [1.29, 1.82) is 0 Å². The molecule has 10 heavy (non-hydrogen) atoms. The monoisotopic (exact) mass is 134 g/mol. The van der Waals surface area contributed by atoms with E-state index in [1.54, 1.807) is 0 Å². The van der Waals surface area contributed by atoms with Crippen molar-refractivity contribution in [2.75, 3.05) is 0 Å². The molecule has 0 radical (unpaired) electrons. The lowest BCUT2D eigenvalue weighted by Gasteiger charge is -2.05. The maximum Gasteiger partial charge on any atom is -0.00157 e. The zero-order valence-corrected chi connectivity index (χ0v) is 6.46. The van der Waals surface area contributed by atoms with E-state index >= 15 is 0 Å². The van der Waals surface area contributed by atoms with E-state index < -0.39 is 0 Å². The molecule has 0 aromatic heterocycles. The average Bonchev–Trinajstić information content (AvgIpc) is 2.03. The zero-order chi connectivity index (χ0) is 7.23. The van der Waals surface area contributed by atoms with Crippen molar-refractivity contribution in [3.8, 4) is 0 Å². The molecular formula is C10H14. The van der Waals surface area contributed by atoms with Gasteiger partial charge in [-0.05, 0) is 18.8 Å². The molecule has 0 N–H and O–H groups in total. The van der Waals surface area contributed by atoms with E-state index in [-0.39, 0.29) is 0 Å². The van der Waals surface area contributed by atoms with Crippen molar-refractivity contribution in [3.05, 3.63) is 36.5 Å². The van der Waals surface area contributed by atoms with Crippen LogP contribution in [0.3, 0.4) is 0 Å². The van der Waals surface area contributed by atoms with E-state index in [1.807, 2.05) is 0 Å². The third-order valence-corrected chi connectivity index (χ3v) is 1.63. The summed E-state index contributed by atoms with van der Waals surface area (Å²) in [6.07, 6.45) is 15.5. The van der Waals surface area contributed by atoms with Crippen LogP contribution in [-0.2, 0) is 0 Å². The fourth-order valence-electron chi connectivity index (χ4n) is 1.05. The van der Waals surface area contributed by atoms with Gasteiger partial charge in [0.15, 0.2) is 0 Å². The Labute approximate surface area is 62.9 Å². The van der Waals surface area contributed by atoms with Crippen LogP contribution in [0.2, 0.25) is 0 Å². The molecule has 0 aromatic carbocycles. The molecule has 0 heteroatoms. The highest BCUT2D eigenvalue weighted by molar-refractivity contribution is 5.15. The first-order valence-electron chi connectivity index (χ1n) is 3.93. The first-order chi connectivity index (χ1) is 4.93. The molecule has 0 saturated carbocycles. The van der Waals surface area contributed by atoms with E-state index in [4.69, 9.17) is 0 Å². The first-order valence-corrected chi connectivity index (χ1v) is 3.93. The SMILES string of the molecule is CCC=CC1C=CC=CC1. The van der Waals surface area contributed by atoms with Crippen molar-refractivity contribution < 1.29 is 0 Å². The van der Waals surface area contributed by atoms with Gasteiger partial charge in [0.1, 0.15) is 0 Å². The lowest BCUT2D eigenvalue weighted by molar-refractivity contribution is 0.817. The van der Waals surface area contributed by atoms with E-state index in [0.29, 0.717) is 5.92 Å². The van der Waals surface area contributed by atoms with Crippen LogP contribution in [0.15, 0.2) is 36.5 Å². The Kier molecular flexibility index (Phi) is 3.01. The molecular weight excluding hydrogens is 120 g/mol. The fraction of sp³-hybridized carbons (Fsp3) is 0.400. The molecule has 0 bridgehead atoms. The van der Waals surface area contributed by atoms with E-state index in [0.717, 1.165) is 6.42 Å². The Morgan fingerprint density at radius 2 is 2.40 bits per heavy atom. The van der Waals surface area contributed by atoms with Gasteiger partial charge in [0.25, 0.3) is 0 Å². The number of hydrogen-bond acceptors (Lipinski definition) is 0. The van der Waals surface area contributed by atoms with Gasteiger partial charge < -0.3 is 0 Å². The summed E-state index contributed by atoms with van der Waals surface area (Å²) in [7, 11) is 0. The molecule has 0 heterocycles. The maximum absolute atomic E-state index is 2.28. The fourth-order valence-corrected chi connectivity index (χ4v) is 1.05. The maximum atomic E-state index is 2.28. The summed E-state index contributed by atoms with van der Waals surface area (Å²) in [5.74, 6) is 0.657. The Hall–Kier alpha value is -0.780. The molecule has 0 fully saturated rings. The van der Waals surface area contributed by atoms with Crippen LogP contribution in [0.5, 0.6) is 0 Å². The van der Waals surface area contributed by atoms with Crippen LogP contribution in [0.25, 0.3) is 0 Å². The highest BCUT2D eigenvalue weighted by Crippen LogP contribution is 2.12. The van der Waals surface area contributed by atoms with Crippen molar-refractivity contribution >= 4 is 0 Å². The van der Waals surface area contributed by atoms with Gasteiger partial charge in [-0.25, -0.2) is 0 Å². The van der Waals surface area contributed by atoms with Crippen LogP contribution < -0.4 is 0 Å². The molecule has 54 valence electrons. The summed E-state index contributed by atoms with van der Waals surface area (Å²) >= 11 is 0. The molecule has 0 amide bonds. The third-order valence-electron chi connectivity index (χ3n) is 1.63. The van der Waals surface area contributed by atoms with Gasteiger partial charge in [-0.15, -0.1) is 0 Å². The van der Waals surface area contributed by atoms with Gasteiger partial charge in [-0.3, -0.25) is 0 Å². The molecule has 0 nitrogen and oxygen atoms in total. The molecule has 1 aliphatic carbocycles. The summed E-state index contributed by atoms with van der Waals surface area (Å²) in [5, 5.41) is 0. The van der Waals surface area contributed by atoms with Crippen molar-refractivity contribution in [2.24, 2.45) is 5.92 Å². The van der Waals surface area contributed by atoms with Crippen LogP contribution >= 0.6 is 0 Å². The quantitative estimate of drug-likeness (QED) is 0.509. The van der Waals surface area contributed by atoms with Gasteiger partial charge >= 0.3 is 0 Å². The minimum Gasteiger partial charge on any atom is -0.0882 e. The molecule has 0 aromatic rings. The first kappa shape index (κ1) is 7.33. The van der Waals surface area contributed by atoms with Crippen LogP contribution in [0, 0.1) is 5.92 Å². The minimum atomic E-state index is 0.657. The van der Waals surface area contributed by atoms with Gasteiger partial charge in [0.2, 0.25) is 0 Å². The van der Waals surface area contributed by atoms with Crippen molar-refractivity contribution in [3.63, 3.8) is 0 Å². The number of hydrogen-bond donors (Lipinski definition) is 0.